The van der Waals surface area contributed by atoms with Gasteiger partial charge in [-0.15, -0.1) is 0 Å². The minimum Gasteiger partial charge on any atom is -0.306 e. The van der Waals surface area contributed by atoms with Crippen LogP contribution < -0.4 is 5.43 Å². The highest BCUT2D eigenvalue weighted by Crippen LogP contribution is 2.07. The quantitative estimate of drug-likeness (QED) is 0.672. The molecular weight excluding hydrogens is 243 g/mol. The Hall–Kier alpha value is -2.74. The fourth-order valence-corrected chi connectivity index (χ4v) is 1.46. The van der Waals surface area contributed by atoms with Gasteiger partial charge in [0, 0.05) is 12.4 Å². The zero-order valence-corrected chi connectivity index (χ0v) is 10.0. The lowest BCUT2D eigenvalue weighted by molar-refractivity contribution is 0.623. The Balaban J connectivity index is 1.93. The highest BCUT2D eigenvalue weighted by molar-refractivity contribution is 5.79. The molecule has 0 spiro atoms. The molecule has 1 aromatic carbocycles. The van der Waals surface area contributed by atoms with E-state index in [2.05, 4.69) is 15.5 Å². The van der Waals surface area contributed by atoms with Crippen LogP contribution in [0, 0.1) is 17.1 Å². The molecule has 0 amide bonds. The number of nitrogens with zero attached hydrogens (tertiary/aromatic N) is 3. The number of hydrazone groups is 1. The number of nitriles is 1. The third-order valence-corrected chi connectivity index (χ3v) is 2.45. The first-order valence-corrected chi connectivity index (χ1v) is 5.64. The first kappa shape index (κ1) is 12.7. The van der Waals surface area contributed by atoms with Gasteiger partial charge in [0.1, 0.15) is 11.9 Å². The second-order valence-corrected chi connectivity index (χ2v) is 3.80. The van der Waals surface area contributed by atoms with Crippen molar-refractivity contribution in [1.29, 1.82) is 5.26 Å². The van der Waals surface area contributed by atoms with Gasteiger partial charge in [-0.1, -0.05) is 6.07 Å². The van der Waals surface area contributed by atoms with Gasteiger partial charge in [0.25, 0.3) is 0 Å². The van der Waals surface area contributed by atoms with Gasteiger partial charge in [0.15, 0.2) is 0 Å². The molecule has 0 aliphatic rings. The van der Waals surface area contributed by atoms with Crippen LogP contribution in [0.4, 0.5) is 4.39 Å². The normalized spacial score (nSPS) is 10.3. The number of halogens is 1. The zero-order valence-electron chi connectivity index (χ0n) is 10.0. The number of nitrogens with one attached hydrogen (secondary N) is 1. The molecule has 2 rings (SSSR count). The second-order valence-electron chi connectivity index (χ2n) is 3.80. The van der Waals surface area contributed by atoms with Crippen molar-refractivity contribution in [2.45, 2.75) is 6.54 Å². The molecule has 0 radical (unpaired) electrons. The first-order chi connectivity index (χ1) is 9.29. The van der Waals surface area contributed by atoms with Crippen molar-refractivity contribution in [2.75, 3.05) is 0 Å². The maximum atomic E-state index is 13.3. The molecule has 4 nitrogen and oxygen atoms in total. The summed E-state index contributed by atoms with van der Waals surface area (Å²) in [4.78, 5) is 3.91. The number of hydrogen-bond acceptors (Lipinski definition) is 4. The van der Waals surface area contributed by atoms with Gasteiger partial charge in [-0.3, -0.25) is 4.98 Å². The molecule has 2 aromatic rings. The van der Waals surface area contributed by atoms with Crippen molar-refractivity contribution in [3.63, 3.8) is 0 Å². The Morgan fingerprint density at radius 3 is 2.79 bits per heavy atom. The van der Waals surface area contributed by atoms with E-state index in [-0.39, 0.29) is 5.56 Å². The highest BCUT2D eigenvalue weighted by atomic mass is 19.1. The van der Waals surface area contributed by atoms with Crippen LogP contribution in [0.5, 0.6) is 0 Å². The molecule has 19 heavy (non-hydrogen) atoms. The predicted octanol–water partition coefficient (Wildman–Crippen LogP) is 2.22. The van der Waals surface area contributed by atoms with Crippen LogP contribution in [0.25, 0.3) is 0 Å². The maximum Gasteiger partial charge on any atom is 0.141 e. The van der Waals surface area contributed by atoms with Gasteiger partial charge in [-0.05, 0) is 35.4 Å². The van der Waals surface area contributed by atoms with Crippen LogP contribution in [0.3, 0.4) is 0 Å². The van der Waals surface area contributed by atoms with Crippen molar-refractivity contribution in [3.8, 4) is 6.07 Å². The standard InChI is InChI=1S/C14H11FN4/c15-14-7-12(1-2-13(14)8-16)10-19-18-9-11-3-5-17-6-4-11/h1-7,10,18H,9H2. The largest absolute Gasteiger partial charge is 0.306 e. The topological polar surface area (TPSA) is 61.1 Å². The van der Waals surface area contributed by atoms with E-state index in [1.807, 2.05) is 12.1 Å². The van der Waals surface area contributed by atoms with Crippen LogP contribution in [0.1, 0.15) is 16.7 Å². The Morgan fingerprint density at radius 2 is 2.11 bits per heavy atom. The summed E-state index contributed by atoms with van der Waals surface area (Å²) < 4.78 is 13.3. The molecular formula is C14H11FN4. The van der Waals surface area contributed by atoms with Gasteiger partial charge < -0.3 is 5.43 Å². The van der Waals surface area contributed by atoms with Crippen LogP contribution >= 0.6 is 0 Å². The summed E-state index contributed by atoms with van der Waals surface area (Å²) >= 11 is 0. The molecule has 0 aliphatic carbocycles. The fraction of sp³-hybridized carbons (Fsp3) is 0.0714. The Labute approximate surface area is 110 Å². The van der Waals surface area contributed by atoms with Gasteiger partial charge in [-0.25, -0.2) is 4.39 Å². The van der Waals surface area contributed by atoms with E-state index in [9.17, 15) is 4.39 Å². The number of hydrogen-bond donors (Lipinski definition) is 1. The molecule has 94 valence electrons. The smallest absolute Gasteiger partial charge is 0.141 e. The van der Waals surface area contributed by atoms with Crippen LogP contribution in [0.15, 0.2) is 47.8 Å². The average Bonchev–Trinajstić information content (AvgIpc) is 2.45. The Morgan fingerprint density at radius 1 is 1.32 bits per heavy atom. The van der Waals surface area contributed by atoms with Crippen molar-refractivity contribution in [3.05, 3.63) is 65.2 Å². The molecule has 0 saturated heterocycles. The van der Waals surface area contributed by atoms with Crippen LogP contribution in [-0.2, 0) is 6.54 Å². The van der Waals surface area contributed by atoms with Crippen LogP contribution in [-0.4, -0.2) is 11.2 Å². The van der Waals surface area contributed by atoms with E-state index >= 15 is 0 Å². The maximum absolute atomic E-state index is 13.3. The SMILES string of the molecule is N#Cc1ccc(C=NNCc2ccncc2)cc1F. The van der Waals surface area contributed by atoms with E-state index in [4.69, 9.17) is 5.26 Å². The number of pyridine rings is 1. The zero-order chi connectivity index (χ0) is 13.5. The van der Waals surface area contributed by atoms with Crippen molar-refractivity contribution >= 4 is 6.21 Å². The minimum absolute atomic E-state index is 0.0295. The molecule has 0 aliphatic heterocycles. The van der Waals surface area contributed by atoms with Crippen molar-refractivity contribution in [2.24, 2.45) is 5.10 Å². The third kappa shape index (κ3) is 3.61. The molecule has 0 bridgehead atoms. The summed E-state index contributed by atoms with van der Waals surface area (Å²) in [5.74, 6) is -0.541. The highest BCUT2D eigenvalue weighted by Gasteiger charge is 2.00. The summed E-state index contributed by atoms with van der Waals surface area (Å²) in [5, 5.41) is 12.6. The molecule has 0 saturated carbocycles. The van der Waals surface area contributed by atoms with Crippen molar-refractivity contribution in [1.82, 2.24) is 10.4 Å². The molecule has 0 fully saturated rings. The van der Waals surface area contributed by atoms with E-state index in [1.165, 1.54) is 18.3 Å². The van der Waals surface area contributed by atoms with Crippen LogP contribution in [0.2, 0.25) is 0 Å². The lowest BCUT2D eigenvalue weighted by Gasteiger charge is -2.00. The average molecular weight is 254 g/mol. The molecule has 1 N–H and O–H groups in total. The molecule has 1 heterocycles. The molecule has 1 aromatic heterocycles. The molecule has 0 atom stereocenters. The summed E-state index contributed by atoms with van der Waals surface area (Å²) in [6.07, 6.45) is 4.92. The van der Waals surface area contributed by atoms with Gasteiger partial charge in [0.05, 0.1) is 18.3 Å². The first-order valence-electron chi connectivity index (χ1n) is 5.64. The van der Waals surface area contributed by atoms with E-state index < -0.39 is 5.82 Å². The summed E-state index contributed by atoms with van der Waals surface area (Å²) in [6, 6.07) is 9.87. The summed E-state index contributed by atoms with van der Waals surface area (Å²) in [6.45, 7) is 0.567. The van der Waals surface area contributed by atoms with E-state index in [0.29, 0.717) is 12.1 Å². The van der Waals surface area contributed by atoms with Crippen molar-refractivity contribution < 1.29 is 4.39 Å². The summed E-state index contributed by atoms with van der Waals surface area (Å²) in [7, 11) is 0. The predicted molar refractivity (Wildman–Crippen MR) is 69.8 cm³/mol. The monoisotopic (exact) mass is 254 g/mol. The number of aromatic nitrogens is 1. The molecule has 5 heteroatoms. The lowest BCUT2D eigenvalue weighted by atomic mass is 10.1. The number of rotatable bonds is 4. The molecule has 0 unspecified atom stereocenters. The summed E-state index contributed by atoms with van der Waals surface area (Å²) in [5.41, 5.74) is 4.53. The van der Waals surface area contributed by atoms with Gasteiger partial charge in [-0.2, -0.15) is 10.4 Å². The Kier molecular flexibility index (Phi) is 4.19. The van der Waals surface area contributed by atoms with Gasteiger partial charge in [0.2, 0.25) is 0 Å². The second kappa shape index (κ2) is 6.26. The Bertz CT molecular complexity index is 617. The lowest BCUT2D eigenvalue weighted by Crippen LogP contribution is -2.05. The number of benzene rings is 1. The van der Waals surface area contributed by atoms with E-state index in [0.717, 1.165) is 5.56 Å². The third-order valence-electron chi connectivity index (χ3n) is 2.45. The van der Waals surface area contributed by atoms with Gasteiger partial charge >= 0.3 is 0 Å². The fourth-order valence-electron chi connectivity index (χ4n) is 1.46. The minimum atomic E-state index is -0.541. The van der Waals surface area contributed by atoms with E-state index in [1.54, 1.807) is 24.5 Å².